The van der Waals surface area contributed by atoms with Crippen LogP contribution in [0.2, 0.25) is 0 Å². The Morgan fingerprint density at radius 3 is 2.56 bits per heavy atom. The van der Waals surface area contributed by atoms with Crippen molar-refractivity contribution in [2.75, 3.05) is 6.54 Å². The minimum atomic E-state index is -0.804. The molecule has 1 aromatic heterocycles. The molecule has 2 aromatic rings. The average Bonchev–Trinajstić information content (AvgIpc) is 2.97. The zero-order valence-corrected chi connectivity index (χ0v) is 16.0. The number of amides is 1. The van der Waals surface area contributed by atoms with E-state index in [4.69, 9.17) is 5.11 Å². The van der Waals surface area contributed by atoms with E-state index in [2.05, 4.69) is 5.10 Å². The Hall–Kier alpha value is -2.63. The summed E-state index contributed by atoms with van der Waals surface area (Å²) in [4.78, 5) is 25.7. The first-order chi connectivity index (χ1) is 12.9. The number of benzene rings is 1. The highest BCUT2D eigenvalue weighted by Gasteiger charge is 2.27. The molecule has 1 atom stereocenters. The molecule has 0 saturated carbocycles. The number of carboxylic acids is 1. The molecule has 2 heterocycles. The number of aromatic nitrogens is 2. The molecule has 6 nitrogen and oxygen atoms in total. The van der Waals surface area contributed by atoms with E-state index in [0.29, 0.717) is 25.1 Å². The predicted molar refractivity (Wildman–Crippen MR) is 103 cm³/mol. The second-order valence-corrected chi connectivity index (χ2v) is 7.36. The number of piperidine rings is 1. The summed E-state index contributed by atoms with van der Waals surface area (Å²) in [7, 11) is 0. The Morgan fingerprint density at radius 2 is 1.93 bits per heavy atom. The number of likely N-dealkylation sites (tertiary alicyclic amines) is 1. The first-order valence-corrected chi connectivity index (χ1v) is 9.57. The zero-order valence-electron chi connectivity index (χ0n) is 16.0. The van der Waals surface area contributed by atoms with Crippen LogP contribution in [0.3, 0.4) is 0 Å². The van der Waals surface area contributed by atoms with Gasteiger partial charge in [0.1, 0.15) is 0 Å². The summed E-state index contributed by atoms with van der Waals surface area (Å²) in [5.74, 6) is -0.802. The van der Waals surface area contributed by atoms with Gasteiger partial charge in [-0.15, -0.1) is 0 Å². The number of carboxylic acid groups (broad SMARTS) is 1. The van der Waals surface area contributed by atoms with E-state index >= 15 is 0 Å². The van der Waals surface area contributed by atoms with Gasteiger partial charge in [-0.05, 0) is 63.3 Å². The lowest BCUT2D eigenvalue weighted by Crippen LogP contribution is -2.44. The third kappa shape index (κ3) is 4.76. The molecule has 27 heavy (non-hydrogen) atoms. The normalized spacial score (nSPS) is 17.1. The number of carbonyl (C=O) groups is 2. The molecule has 0 unspecified atom stereocenters. The lowest BCUT2D eigenvalue weighted by molar-refractivity contribution is -0.137. The van der Waals surface area contributed by atoms with Gasteiger partial charge in [-0.3, -0.25) is 14.3 Å². The van der Waals surface area contributed by atoms with Crippen molar-refractivity contribution in [3.05, 3.63) is 52.8 Å². The molecule has 3 rings (SSSR count). The monoisotopic (exact) mass is 369 g/mol. The highest BCUT2D eigenvalue weighted by molar-refractivity contribution is 5.94. The average molecular weight is 369 g/mol. The Balaban J connectivity index is 1.68. The van der Waals surface area contributed by atoms with Crippen LogP contribution in [0.5, 0.6) is 0 Å². The zero-order chi connectivity index (χ0) is 19.4. The molecule has 1 amide bonds. The Kier molecular flexibility index (Phi) is 5.94. The maximum absolute atomic E-state index is 12.9. The van der Waals surface area contributed by atoms with Gasteiger partial charge in [0.25, 0.3) is 5.91 Å². The molecule has 1 aliphatic rings. The fourth-order valence-electron chi connectivity index (χ4n) is 3.78. The van der Waals surface area contributed by atoms with Gasteiger partial charge in [0.2, 0.25) is 0 Å². The molecule has 6 heteroatoms. The highest BCUT2D eigenvalue weighted by atomic mass is 16.4. The molecular formula is C21H27N3O3. The second-order valence-electron chi connectivity index (χ2n) is 7.36. The van der Waals surface area contributed by atoms with Gasteiger partial charge in [-0.2, -0.15) is 5.10 Å². The van der Waals surface area contributed by atoms with Crippen LogP contribution in [0.1, 0.15) is 59.4 Å². The SMILES string of the molecule is Cc1cc(C)n(Cc2ccc(C(=O)N3CCCC[C@@H]3CCC(=O)O)cc2)n1. The third-order valence-corrected chi connectivity index (χ3v) is 5.22. The minimum absolute atomic E-state index is 0.00255. The minimum Gasteiger partial charge on any atom is -0.481 e. The lowest BCUT2D eigenvalue weighted by atomic mass is 9.96. The van der Waals surface area contributed by atoms with E-state index in [1.165, 1.54) is 0 Å². The van der Waals surface area contributed by atoms with Gasteiger partial charge in [-0.25, -0.2) is 0 Å². The first-order valence-electron chi connectivity index (χ1n) is 9.57. The number of aliphatic carboxylic acids is 1. The highest BCUT2D eigenvalue weighted by Crippen LogP contribution is 2.23. The summed E-state index contributed by atoms with van der Waals surface area (Å²) < 4.78 is 1.96. The van der Waals surface area contributed by atoms with Crippen molar-refractivity contribution in [3.8, 4) is 0 Å². The van der Waals surface area contributed by atoms with Crippen molar-refractivity contribution < 1.29 is 14.7 Å². The summed E-state index contributed by atoms with van der Waals surface area (Å²) in [6.07, 6.45) is 3.54. The van der Waals surface area contributed by atoms with Crippen molar-refractivity contribution in [1.82, 2.24) is 14.7 Å². The molecule has 1 saturated heterocycles. The van der Waals surface area contributed by atoms with Crippen molar-refractivity contribution in [1.29, 1.82) is 0 Å². The number of nitrogens with zero attached hydrogens (tertiary/aromatic N) is 3. The maximum Gasteiger partial charge on any atom is 0.303 e. The van der Waals surface area contributed by atoms with Gasteiger partial charge in [-0.1, -0.05) is 12.1 Å². The molecule has 1 aliphatic heterocycles. The van der Waals surface area contributed by atoms with Crippen molar-refractivity contribution in [2.24, 2.45) is 0 Å². The van der Waals surface area contributed by atoms with Crippen LogP contribution in [0, 0.1) is 13.8 Å². The van der Waals surface area contributed by atoms with Crippen molar-refractivity contribution in [2.45, 2.75) is 58.5 Å². The van der Waals surface area contributed by atoms with E-state index in [1.807, 2.05) is 53.8 Å². The number of carbonyl (C=O) groups excluding carboxylic acids is 1. The number of hydrogen-bond acceptors (Lipinski definition) is 3. The fourth-order valence-corrected chi connectivity index (χ4v) is 3.78. The van der Waals surface area contributed by atoms with E-state index < -0.39 is 5.97 Å². The van der Waals surface area contributed by atoms with E-state index in [0.717, 1.165) is 36.2 Å². The van der Waals surface area contributed by atoms with Gasteiger partial charge < -0.3 is 10.0 Å². The summed E-state index contributed by atoms with van der Waals surface area (Å²) in [5, 5.41) is 13.4. The van der Waals surface area contributed by atoms with Crippen molar-refractivity contribution >= 4 is 11.9 Å². The molecule has 1 N–H and O–H groups in total. The molecule has 144 valence electrons. The molecule has 0 radical (unpaired) electrons. The maximum atomic E-state index is 12.9. The van der Waals surface area contributed by atoms with E-state index in [9.17, 15) is 9.59 Å². The van der Waals surface area contributed by atoms with Gasteiger partial charge in [0, 0.05) is 30.3 Å². The van der Waals surface area contributed by atoms with Gasteiger partial charge >= 0.3 is 5.97 Å². The number of hydrogen-bond donors (Lipinski definition) is 1. The molecule has 0 aliphatic carbocycles. The van der Waals surface area contributed by atoms with E-state index in [-0.39, 0.29) is 18.4 Å². The fraction of sp³-hybridized carbons (Fsp3) is 0.476. The van der Waals surface area contributed by atoms with E-state index in [1.54, 1.807) is 0 Å². The summed E-state index contributed by atoms with van der Waals surface area (Å²) in [6, 6.07) is 9.75. The topological polar surface area (TPSA) is 75.4 Å². The van der Waals surface area contributed by atoms with Crippen LogP contribution in [0.15, 0.2) is 30.3 Å². The summed E-state index contributed by atoms with van der Waals surface area (Å²) in [5.41, 5.74) is 3.87. The molecule has 1 fully saturated rings. The van der Waals surface area contributed by atoms with Crippen molar-refractivity contribution in [3.63, 3.8) is 0 Å². The van der Waals surface area contributed by atoms with Gasteiger partial charge in [0.15, 0.2) is 0 Å². The van der Waals surface area contributed by atoms with Crippen LogP contribution in [-0.2, 0) is 11.3 Å². The smallest absolute Gasteiger partial charge is 0.303 e. The van der Waals surface area contributed by atoms with Crippen LogP contribution in [-0.4, -0.2) is 44.3 Å². The van der Waals surface area contributed by atoms with Crippen LogP contribution < -0.4 is 0 Å². The summed E-state index contributed by atoms with van der Waals surface area (Å²) >= 11 is 0. The molecule has 1 aromatic carbocycles. The molecular weight excluding hydrogens is 342 g/mol. The number of rotatable bonds is 6. The largest absolute Gasteiger partial charge is 0.481 e. The predicted octanol–water partition coefficient (Wildman–Crippen LogP) is 3.41. The second kappa shape index (κ2) is 8.37. The molecule has 0 spiro atoms. The third-order valence-electron chi connectivity index (χ3n) is 5.22. The van der Waals surface area contributed by atoms with Crippen LogP contribution in [0.4, 0.5) is 0 Å². The Morgan fingerprint density at radius 1 is 1.19 bits per heavy atom. The number of aryl methyl sites for hydroxylation is 2. The quantitative estimate of drug-likeness (QED) is 0.847. The molecule has 0 bridgehead atoms. The first kappa shape index (κ1) is 19.1. The van der Waals surface area contributed by atoms with Crippen LogP contribution in [0.25, 0.3) is 0 Å². The standard InChI is InChI=1S/C21H27N3O3/c1-15-13-16(2)24(22-15)14-17-6-8-18(9-7-17)21(27)23-12-4-3-5-19(23)10-11-20(25)26/h6-9,13,19H,3-5,10-12,14H2,1-2H3,(H,25,26)/t19-/m1/s1. The van der Waals surface area contributed by atoms with Crippen LogP contribution >= 0.6 is 0 Å². The summed E-state index contributed by atoms with van der Waals surface area (Å²) in [6.45, 7) is 5.39. The Labute approximate surface area is 159 Å². The van der Waals surface area contributed by atoms with Gasteiger partial charge in [0.05, 0.1) is 12.2 Å². The Bertz CT molecular complexity index is 811. The lowest BCUT2D eigenvalue weighted by Gasteiger charge is -2.35.